The molecule has 0 unspecified atom stereocenters. The van der Waals surface area contributed by atoms with Gasteiger partial charge >= 0.3 is 0 Å². The van der Waals surface area contributed by atoms with Gasteiger partial charge in [0.25, 0.3) is 0 Å². The predicted molar refractivity (Wildman–Crippen MR) is 142 cm³/mol. The first-order chi connectivity index (χ1) is 18.7. The lowest BCUT2D eigenvalue weighted by Gasteiger charge is -2.21. The van der Waals surface area contributed by atoms with Crippen molar-refractivity contribution in [2.24, 2.45) is 0 Å². The Morgan fingerprint density at radius 1 is 0.949 bits per heavy atom. The van der Waals surface area contributed by atoms with Gasteiger partial charge in [-0.3, -0.25) is 9.29 Å². The van der Waals surface area contributed by atoms with Crippen LogP contribution in [0.4, 0.5) is 5.95 Å². The lowest BCUT2D eigenvalue weighted by molar-refractivity contribution is 0.176. The van der Waals surface area contributed by atoms with Crippen LogP contribution in [0.5, 0.6) is 17.4 Å². The topological polar surface area (TPSA) is 161 Å². The third-order valence-electron chi connectivity index (χ3n) is 6.00. The van der Waals surface area contributed by atoms with Crippen LogP contribution >= 0.6 is 0 Å². The summed E-state index contributed by atoms with van der Waals surface area (Å²) in [7, 11) is 0.158. The van der Waals surface area contributed by atoms with E-state index in [2.05, 4.69) is 19.9 Å². The first-order valence-corrected chi connectivity index (χ1v) is 13.2. The molecule has 0 aliphatic heterocycles. The van der Waals surface area contributed by atoms with Crippen LogP contribution in [0.1, 0.15) is 24.2 Å². The molecule has 0 aliphatic rings. The summed E-state index contributed by atoms with van der Waals surface area (Å²) in [5, 5.41) is 26.9. The Kier molecular flexibility index (Phi) is 7.99. The zero-order chi connectivity index (χ0) is 28.2. The van der Waals surface area contributed by atoms with Crippen LogP contribution in [0.3, 0.4) is 0 Å². The summed E-state index contributed by atoms with van der Waals surface area (Å²) in [4.78, 5) is 4.42. The second-order valence-corrected chi connectivity index (χ2v) is 10.3. The molecule has 0 bridgehead atoms. The van der Waals surface area contributed by atoms with E-state index in [4.69, 9.17) is 19.5 Å². The molecule has 2 N–H and O–H groups in total. The molecular weight excluding hydrogens is 524 g/mol. The minimum Gasteiger partial charge on any atom is -0.494 e. The highest BCUT2D eigenvalue weighted by Gasteiger charge is 2.32. The van der Waals surface area contributed by atoms with E-state index in [-0.39, 0.29) is 11.8 Å². The summed E-state index contributed by atoms with van der Waals surface area (Å²) in [5.41, 5.74) is 1.38. The van der Waals surface area contributed by atoms with Gasteiger partial charge in [0.1, 0.15) is 28.1 Å². The maximum Gasteiger partial charge on any atom is 0.243 e. The summed E-state index contributed by atoms with van der Waals surface area (Å²) >= 11 is 0. The van der Waals surface area contributed by atoms with Crippen LogP contribution in [0.15, 0.2) is 60.7 Å². The van der Waals surface area contributed by atoms with Crippen LogP contribution < -0.4 is 18.9 Å². The number of nitrogens with one attached hydrogen (secondary N) is 1. The van der Waals surface area contributed by atoms with Gasteiger partial charge < -0.3 is 19.3 Å². The van der Waals surface area contributed by atoms with Crippen LogP contribution in [0, 0.1) is 11.3 Å². The molecule has 0 amide bonds. The smallest absolute Gasteiger partial charge is 0.243 e. The number of benzene rings is 2. The second kappa shape index (κ2) is 11.4. The lowest BCUT2D eigenvalue weighted by Crippen LogP contribution is -2.32. The Hall–Kier alpha value is -4.67. The molecule has 0 radical (unpaired) electrons. The number of nitriles is 1. The number of nitrogens with zero attached hydrogens (tertiary/aromatic N) is 5. The molecule has 2 aromatic carbocycles. The van der Waals surface area contributed by atoms with Gasteiger partial charge in [-0.2, -0.15) is 5.26 Å². The molecule has 2 atom stereocenters. The average molecular weight is 551 g/mol. The number of sulfonamides is 1. The van der Waals surface area contributed by atoms with Gasteiger partial charge in [0.05, 0.1) is 39.1 Å². The van der Waals surface area contributed by atoms with Crippen molar-refractivity contribution in [2.75, 3.05) is 26.1 Å². The van der Waals surface area contributed by atoms with Crippen LogP contribution in [-0.4, -0.2) is 59.9 Å². The van der Waals surface area contributed by atoms with E-state index in [9.17, 15) is 13.5 Å². The fraction of sp³-hybridized carbons (Fsp3) is 0.231. The largest absolute Gasteiger partial charge is 0.494 e. The van der Waals surface area contributed by atoms with Crippen molar-refractivity contribution >= 4 is 16.0 Å². The third kappa shape index (κ3) is 5.47. The van der Waals surface area contributed by atoms with Crippen molar-refractivity contribution in [3.8, 4) is 40.7 Å². The number of anilines is 1. The Morgan fingerprint density at radius 2 is 1.59 bits per heavy atom. The standard InChI is InChI=1S/C26H26N6O6S/c1-16(24(33)18-13-11-17(15-27)12-14-18)39(34,35)31-26-30-29-25(19-7-5-10-22(28-19)38-4)32(26)23-20(36-2)8-6-9-21(23)37-3/h5-14,16,24,33H,1-4H3,(H,30,31)/t16-,24+/m0/s1. The summed E-state index contributed by atoms with van der Waals surface area (Å²) in [5.74, 6) is 1.01. The van der Waals surface area contributed by atoms with E-state index < -0.39 is 21.4 Å². The van der Waals surface area contributed by atoms with Crippen molar-refractivity contribution < 1.29 is 27.7 Å². The number of aromatic nitrogens is 4. The highest BCUT2D eigenvalue weighted by Crippen LogP contribution is 2.38. The maximum atomic E-state index is 13.5. The quantitative estimate of drug-likeness (QED) is 0.300. The molecule has 0 spiro atoms. The Morgan fingerprint density at radius 3 is 2.18 bits per heavy atom. The number of hydrogen-bond acceptors (Lipinski definition) is 10. The number of para-hydroxylation sites is 1. The Labute approximate surface area is 225 Å². The van der Waals surface area contributed by atoms with Crippen molar-refractivity contribution in [1.29, 1.82) is 5.26 Å². The van der Waals surface area contributed by atoms with Gasteiger partial charge in [-0.15, -0.1) is 10.2 Å². The van der Waals surface area contributed by atoms with Gasteiger partial charge in [-0.25, -0.2) is 13.4 Å². The number of hydrogen-bond donors (Lipinski definition) is 2. The minimum atomic E-state index is -4.24. The molecule has 2 aromatic heterocycles. The van der Waals surface area contributed by atoms with E-state index in [1.165, 1.54) is 57.1 Å². The summed E-state index contributed by atoms with van der Waals surface area (Å²) in [6, 6.07) is 18.1. The Balaban J connectivity index is 1.82. The Bertz CT molecular complexity index is 1590. The zero-order valence-corrected chi connectivity index (χ0v) is 22.4. The van der Waals surface area contributed by atoms with E-state index in [0.717, 1.165) is 0 Å². The fourth-order valence-electron chi connectivity index (χ4n) is 3.85. The number of pyridine rings is 1. The molecule has 4 rings (SSSR count). The first-order valence-electron chi connectivity index (χ1n) is 11.6. The highest BCUT2D eigenvalue weighted by molar-refractivity contribution is 7.93. The lowest BCUT2D eigenvalue weighted by atomic mass is 10.1. The molecule has 0 saturated carbocycles. The molecule has 0 saturated heterocycles. The number of aliphatic hydroxyl groups is 1. The summed E-state index contributed by atoms with van der Waals surface area (Å²) < 4.78 is 47.2. The molecule has 12 nitrogen and oxygen atoms in total. The minimum absolute atomic E-state index is 0.176. The molecule has 0 aliphatic carbocycles. The van der Waals surface area contributed by atoms with Gasteiger partial charge in [-0.1, -0.05) is 24.3 Å². The van der Waals surface area contributed by atoms with Crippen LogP contribution in [-0.2, 0) is 10.0 Å². The molecule has 4 aromatic rings. The fourth-order valence-corrected chi connectivity index (χ4v) is 4.92. The van der Waals surface area contributed by atoms with E-state index in [1.54, 1.807) is 36.4 Å². The molecular formula is C26H26N6O6S. The molecule has 13 heteroatoms. The van der Waals surface area contributed by atoms with E-state index in [1.807, 2.05) is 6.07 Å². The SMILES string of the molecule is COc1cccc(-c2nnc(NS(=O)(=O)[C@@H](C)[C@@H](O)c3ccc(C#N)cc3)n2-c2c(OC)cccc2OC)n1. The van der Waals surface area contributed by atoms with Crippen molar-refractivity contribution in [3.05, 3.63) is 71.8 Å². The summed E-state index contributed by atoms with van der Waals surface area (Å²) in [6.45, 7) is 1.36. The zero-order valence-electron chi connectivity index (χ0n) is 21.6. The van der Waals surface area contributed by atoms with Gasteiger partial charge in [0.2, 0.25) is 21.9 Å². The van der Waals surface area contributed by atoms with Crippen molar-refractivity contribution in [1.82, 2.24) is 19.7 Å². The molecule has 0 fully saturated rings. The average Bonchev–Trinajstić information content (AvgIpc) is 3.37. The summed E-state index contributed by atoms with van der Waals surface area (Å²) in [6.07, 6.45) is -1.40. The molecule has 202 valence electrons. The monoisotopic (exact) mass is 550 g/mol. The maximum absolute atomic E-state index is 13.5. The van der Waals surface area contributed by atoms with E-state index in [0.29, 0.717) is 39.9 Å². The third-order valence-corrected chi connectivity index (χ3v) is 7.70. The van der Waals surface area contributed by atoms with E-state index >= 15 is 0 Å². The second-order valence-electron chi connectivity index (χ2n) is 8.29. The van der Waals surface area contributed by atoms with Crippen molar-refractivity contribution in [3.63, 3.8) is 0 Å². The number of methoxy groups -OCH3 is 3. The van der Waals surface area contributed by atoms with Gasteiger partial charge in [0, 0.05) is 6.07 Å². The number of aliphatic hydroxyl groups excluding tert-OH is 1. The predicted octanol–water partition coefficient (Wildman–Crippen LogP) is 3.09. The molecule has 39 heavy (non-hydrogen) atoms. The number of rotatable bonds is 10. The van der Waals surface area contributed by atoms with Crippen LogP contribution in [0.2, 0.25) is 0 Å². The normalized spacial score (nSPS) is 12.7. The van der Waals surface area contributed by atoms with Gasteiger partial charge in [-0.05, 0) is 42.8 Å². The highest BCUT2D eigenvalue weighted by atomic mass is 32.2. The van der Waals surface area contributed by atoms with Crippen molar-refractivity contribution in [2.45, 2.75) is 18.3 Å². The number of ether oxygens (including phenoxy) is 3. The van der Waals surface area contributed by atoms with Crippen LogP contribution in [0.25, 0.3) is 17.2 Å². The molecule has 2 heterocycles. The first kappa shape index (κ1) is 27.4. The van der Waals surface area contributed by atoms with Gasteiger partial charge in [0.15, 0.2) is 5.82 Å².